The van der Waals surface area contributed by atoms with E-state index in [-0.39, 0.29) is 11.6 Å². The van der Waals surface area contributed by atoms with E-state index in [0.717, 1.165) is 19.4 Å². The van der Waals surface area contributed by atoms with Gasteiger partial charge >= 0.3 is 0 Å². The maximum absolute atomic E-state index is 6.10. The average Bonchev–Trinajstić information content (AvgIpc) is 2.44. The minimum Gasteiger partial charge on any atom is -0.495 e. The van der Waals surface area contributed by atoms with E-state index in [9.17, 15) is 0 Å². The molecule has 0 aromatic heterocycles. The topological polar surface area (TPSA) is 30.5 Å². The van der Waals surface area contributed by atoms with Crippen molar-refractivity contribution in [3.63, 3.8) is 0 Å². The van der Waals surface area contributed by atoms with Crippen LogP contribution in [0.1, 0.15) is 45.2 Å². The van der Waals surface area contributed by atoms with Crippen molar-refractivity contribution < 1.29 is 9.47 Å². The molecule has 0 radical (unpaired) electrons. The van der Waals surface area contributed by atoms with Gasteiger partial charge in [0.15, 0.2) is 0 Å². The summed E-state index contributed by atoms with van der Waals surface area (Å²) in [5.41, 5.74) is 0.989. The van der Waals surface area contributed by atoms with Crippen LogP contribution in [0, 0.1) is 0 Å². The van der Waals surface area contributed by atoms with Gasteiger partial charge in [-0.1, -0.05) is 24.6 Å². The van der Waals surface area contributed by atoms with Gasteiger partial charge in [-0.15, -0.1) is 0 Å². The molecular weight excluding hydrogens is 274 g/mol. The molecule has 1 atom stereocenters. The molecule has 1 rings (SSSR count). The molecule has 20 heavy (non-hydrogen) atoms. The van der Waals surface area contributed by atoms with Gasteiger partial charge in [-0.2, -0.15) is 0 Å². The third kappa shape index (κ3) is 4.97. The summed E-state index contributed by atoms with van der Waals surface area (Å²) in [6.07, 6.45) is 1.98. The van der Waals surface area contributed by atoms with Crippen LogP contribution < -0.4 is 10.1 Å². The fraction of sp³-hybridized carbons (Fsp3) is 0.625. The highest BCUT2D eigenvalue weighted by Gasteiger charge is 2.24. The van der Waals surface area contributed by atoms with Crippen LogP contribution in [0.2, 0.25) is 5.02 Å². The van der Waals surface area contributed by atoms with E-state index in [0.29, 0.717) is 10.8 Å². The number of methoxy groups -OCH3 is 2. The molecule has 1 aromatic rings. The molecule has 0 bridgehead atoms. The first-order valence-corrected chi connectivity index (χ1v) is 7.43. The van der Waals surface area contributed by atoms with Crippen molar-refractivity contribution >= 4 is 11.6 Å². The van der Waals surface area contributed by atoms with Gasteiger partial charge in [0.1, 0.15) is 5.75 Å². The van der Waals surface area contributed by atoms with Gasteiger partial charge in [-0.3, -0.25) is 0 Å². The molecule has 0 amide bonds. The standard InChI is InChI=1S/C16H26ClNO2/c1-6-9-18-14(11-16(2,3)20-5)12-7-8-13(17)15(10-12)19-4/h7-8,10,14,18H,6,9,11H2,1-5H3. The van der Waals surface area contributed by atoms with Crippen molar-refractivity contribution in [2.75, 3.05) is 20.8 Å². The maximum atomic E-state index is 6.10. The second-order valence-corrected chi connectivity index (χ2v) is 5.98. The SMILES string of the molecule is CCCNC(CC(C)(C)OC)c1ccc(Cl)c(OC)c1. The number of halogens is 1. The summed E-state index contributed by atoms with van der Waals surface area (Å²) in [6, 6.07) is 6.15. The van der Waals surface area contributed by atoms with E-state index in [1.165, 1.54) is 5.56 Å². The van der Waals surface area contributed by atoms with Gasteiger partial charge in [-0.05, 0) is 50.9 Å². The van der Waals surface area contributed by atoms with Crippen LogP contribution in [0.15, 0.2) is 18.2 Å². The van der Waals surface area contributed by atoms with Crippen LogP contribution in [-0.2, 0) is 4.74 Å². The first kappa shape index (κ1) is 17.3. The molecule has 0 saturated carbocycles. The lowest BCUT2D eigenvalue weighted by molar-refractivity contribution is 0.00683. The molecule has 0 heterocycles. The van der Waals surface area contributed by atoms with Crippen LogP contribution in [0.3, 0.4) is 0 Å². The highest BCUT2D eigenvalue weighted by molar-refractivity contribution is 6.32. The van der Waals surface area contributed by atoms with Gasteiger partial charge in [0.05, 0.1) is 17.7 Å². The second-order valence-electron chi connectivity index (χ2n) is 5.57. The molecule has 0 saturated heterocycles. The Morgan fingerprint density at radius 2 is 2.00 bits per heavy atom. The monoisotopic (exact) mass is 299 g/mol. The molecular formula is C16H26ClNO2. The van der Waals surface area contributed by atoms with E-state index >= 15 is 0 Å². The van der Waals surface area contributed by atoms with E-state index in [1.807, 2.05) is 18.2 Å². The first-order chi connectivity index (χ1) is 9.43. The Balaban J connectivity index is 2.97. The molecule has 1 aromatic carbocycles. The lowest BCUT2D eigenvalue weighted by Gasteiger charge is -2.29. The summed E-state index contributed by atoms with van der Waals surface area (Å²) in [7, 11) is 3.39. The second kappa shape index (κ2) is 7.87. The number of ether oxygens (including phenoxy) is 2. The Bertz CT molecular complexity index is 421. The van der Waals surface area contributed by atoms with Crippen molar-refractivity contribution in [3.8, 4) is 5.75 Å². The number of nitrogens with one attached hydrogen (secondary N) is 1. The Hall–Kier alpha value is -0.770. The molecule has 0 spiro atoms. The van der Waals surface area contributed by atoms with Crippen LogP contribution in [-0.4, -0.2) is 26.4 Å². The van der Waals surface area contributed by atoms with Crippen LogP contribution in [0.5, 0.6) is 5.75 Å². The average molecular weight is 300 g/mol. The van der Waals surface area contributed by atoms with Crippen molar-refractivity contribution in [1.29, 1.82) is 0 Å². The Morgan fingerprint density at radius 3 is 2.55 bits per heavy atom. The lowest BCUT2D eigenvalue weighted by Crippen LogP contribution is -2.32. The Morgan fingerprint density at radius 1 is 1.30 bits per heavy atom. The minimum atomic E-state index is -0.182. The number of hydrogen-bond acceptors (Lipinski definition) is 3. The van der Waals surface area contributed by atoms with Gasteiger partial charge in [-0.25, -0.2) is 0 Å². The predicted octanol–water partition coefficient (Wildman–Crippen LogP) is 4.20. The minimum absolute atomic E-state index is 0.182. The molecule has 0 fully saturated rings. The van der Waals surface area contributed by atoms with Crippen molar-refractivity contribution in [3.05, 3.63) is 28.8 Å². The van der Waals surface area contributed by atoms with Gasteiger partial charge < -0.3 is 14.8 Å². The molecule has 0 aliphatic carbocycles. The number of rotatable bonds is 8. The molecule has 4 heteroatoms. The predicted molar refractivity (Wildman–Crippen MR) is 84.7 cm³/mol. The maximum Gasteiger partial charge on any atom is 0.137 e. The smallest absolute Gasteiger partial charge is 0.137 e. The molecule has 0 aliphatic rings. The Labute approximate surface area is 127 Å². The van der Waals surface area contributed by atoms with Gasteiger partial charge in [0.25, 0.3) is 0 Å². The highest BCUT2D eigenvalue weighted by Crippen LogP contribution is 2.31. The normalized spacial score (nSPS) is 13.3. The summed E-state index contributed by atoms with van der Waals surface area (Å²) in [6.45, 7) is 7.32. The van der Waals surface area contributed by atoms with E-state index in [1.54, 1.807) is 14.2 Å². The third-order valence-electron chi connectivity index (χ3n) is 3.47. The van der Waals surface area contributed by atoms with Crippen molar-refractivity contribution in [1.82, 2.24) is 5.32 Å². The molecule has 114 valence electrons. The van der Waals surface area contributed by atoms with Crippen molar-refractivity contribution in [2.24, 2.45) is 0 Å². The fourth-order valence-electron chi connectivity index (χ4n) is 2.09. The number of benzene rings is 1. The molecule has 3 nitrogen and oxygen atoms in total. The summed E-state index contributed by atoms with van der Waals surface area (Å²) < 4.78 is 10.9. The first-order valence-electron chi connectivity index (χ1n) is 7.05. The summed E-state index contributed by atoms with van der Waals surface area (Å²) in [5, 5.41) is 4.20. The van der Waals surface area contributed by atoms with E-state index < -0.39 is 0 Å². The fourth-order valence-corrected chi connectivity index (χ4v) is 2.29. The largest absolute Gasteiger partial charge is 0.495 e. The van der Waals surface area contributed by atoms with Crippen LogP contribution in [0.25, 0.3) is 0 Å². The van der Waals surface area contributed by atoms with Crippen LogP contribution in [0.4, 0.5) is 0 Å². The van der Waals surface area contributed by atoms with E-state index in [4.69, 9.17) is 21.1 Å². The summed E-state index contributed by atoms with van der Waals surface area (Å²) >= 11 is 6.10. The number of hydrogen-bond donors (Lipinski definition) is 1. The third-order valence-corrected chi connectivity index (χ3v) is 3.78. The molecule has 1 unspecified atom stereocenters. The molecule has 0 aliphatic heterocycles. The lowest BCUT2D eigenvalue weighted by atomic mass is 9.93. The van der Waals surface area contributed by atoms with Crippen LogP contribution >= 0.6 is 11.6 Å². The van der Waals surface area contributed by atoms with Gasteiger partial charge in [0.2, 0.25) is 0 Å². The zero-order valence-electron chi connectivity index (χ0n) is 13.1. The summed E-state index contributed by atoms with van der Waals surface area (Å²) in [4.78, 5) is 0. The van der Waals surface area contributed by atoms with Gasteiger partial charge in [0, 0.05) is 13.2 Å². The zero-order valence-corrected chi connectivity index (χ0v) is 13.9. The van der Waals surface area contributed by atoms with E-state index in [2.05, 4.69) is 26.1 Å². The molecule has 1 N–H and O–H groups in total. The summed E-state index contributed by atoms with van der Waals surface area (Å²) in [5.74, 6) is 0.711. The highest BCUT2D eigenvalue weighted by atomic mass is 35.5. The van der Waals surface area contributed by atoms with Crippen molar-refractivity contribution in [2.45, 2.75) is 45.3 Å². The zero-order chi connectivity index (χ0) is 15.2. The Kier molecular flexibility index (Phi) is 6.80. The quantitative estimate of drug-likeness (QED) is 0.780.